The molecular weight excluding hydrogens is 292 g/mol. The average molecular weight is 309 g/mol. The molecule has 1 unspecified atom stereocenters. The van der Waals surface area contributed by atoms with Crippen LogP contribution >= 0.6 is 15.9 Å². The summed E-state index contributed by atoms with van der Waals surface area (Å²) in [7, 11) is 0. The second-order valence-corrected chi connectivity index (χ2v) is 5.61. The molecule has 0 spiro atoms. The van der Waals surface area contributed by atoms with Gasteiger partial charge in [0.05, 0.1) is 11.2 Å². The average Bonchev–Trinajstić information content (AvgIpc) is 2.81. The van der Waals surface area contributed by atoms with E-state index in [-0.39, 0.29) is 4.83 Å². The van der Waals surface area contributed by atoms with Crippen molar-refractivity contribution in [3.05, 3.63) is 46.7 Å². The van der Waals surface area contributed by atoms with E-state index in [1.54, 1.807) is 0 Å². The molecule has 0 amide bonds. The number of rotatable bonds is 4. The molecule has 2 rings (SSSR count). The van der Waals surface area contributed by atoms with Crippen LogP contribution in [0.3, 0.4) is 0 Å². The Hall–Kier alpha value is -1.16. The van der Waals surface area contributed by atoms with Gasteiger partial charge in [0, 0.05) is 0 Å². The van der Waals surface area contributed by atoms with Gasteiger partial charge in [-0.2, -0.15) is 0 Å². The van der Waals surface area contributed by atoms with Crippen molar-refractivity contribution in [2.24, 2.45) is 0 Å². The number of halogens is 1. The Morgan fingerprint density at radius 3 is 2.67 bits per heavy atom. The number of aromatic nitrogens is 2. The Bertz CT molecular complexity index is 536. The van der Waals surface area contributed by atoms with Crippen molar-refractivity contribution in [3.63, 3.8) is 0 Å². The molecule has 0 aliphatic rings. The third-order valence-corrected chi connectivity index (χ3v) is 4.07. The first-order valence-electron chi connectivity index (χ1n) is 6.12. The van der Waals surface area contributed by atoms with E-state index < -0.39 is 0 Å². The minimum atomic E-state index is 0.151. The van der Waals surface area contributed by atoms with Crippen molar-refractivity contribution in [2.75, 3.05) is 0 Å². The highest BCUT2D eigenvalue weighted by Crippen LogP contribution is 2.25. The molecule has 1 aromatic heterocycles. The van der Waals surface area contributed by atoms with E-state index >= 15 is 0 Å². The van der Waals surface area contributed by atoms with E-state index in [1.165, 1.54) is 16.7 Å². The fourth-order valence-corrected chi connectivity index (χ4v) is 1.91. The van der Waals surface area contributed by atoms with Crippen LogP contribution in [0, 0.1) is 13.8 Å². The largest absolute Gasteiger partial charge is 0.424 e. The first kappa shape index (κ1) is 13.3. The summed E-state index contributed by atoms with van der Waals surface area (Å²) in [5.74, 6) is 1.34. The lowest BCUT2D eigenvalue weighted by molar-refractivity contribution is 0.454. The van der Waals surface area contributed by atoms with E-state index in [4.69, 9.17) is 4.42 Å². The summed E-state index contributed by atoms with van der Waals surface area (Å²) >= 11 is 3.51. The minimum absolute atomic E-state index is 0.151. The van der Waals surface area contributed by atoms with Crippen LogP contribution in [0.2, 0.25) is 0 Å². The molecule has 0 N–H and O–H groups in total. The van der Waals surface area contributed by atoms with Crippen LogP contribution in [-0.2, 0) is 6.42 Å². The first-order chi connectivity index (χ1) is 8.60. The van der Waals surface area contributed by atoms with Gasteiger partial charge in [-0.05, 0) is 37.0 Å². The van der Waals surface area contributed by atoms with Gasteiger partial charge in [-0.3, -0.25) is 0 Å². The quantitative estimate of drug-likeness (QED) is 0.797. The molecule has 0 fully saturated rings. The molecule has 0 aliphatic carbocycles. The predicted molar refractivity (Wildman–Crippen MR) is 75.0 cm³/mol. The minimum Gasteiger partial charge on any atom is -0.424 e. The lowest BCUT2D eigenvalue weighted by Crippen LogP contribution is -1.90. The van der Waals surface area contributed by atoms with E-state index in [1.807, 2.05) is 0 Å². The molecule has 1 atom stereocenters. The lowest BCUT2D eigenvalue weighted by Gasteiger charge is -2.03. The lowest BCUT2D eigenvalue weighted by atomic mass is 10.0. The Labute approximate surface area is 116 Å². The molecule has 3 nitrogen and oxygen atoms in total. The molecule has 0 saturated heterocycles. The highest BCUT2D eigenvalue weighted by molar-refractivity contribution is 9.09. The summed E-state index contributed by atoms with van der Waals surface area (Å²) in [6, 6.07) is 6.41. The maximum atomic E-state index is 5.64. The fourth-order valence-electron chi connectivity index (χ4n) is 1.73. The maximum absolute atomic E-state index is 5.64. The van der Waals surface area contributed by atoms with Gasteiger partial charge in [0.2, 0.25) is 11.8 Å². The van der Waals surface area contributed by atoms with Gasteiger partial charge >= 0.3 is 0 Å². The topological polar surface area (TPSA) is 38.9 Å². The third kappa shape index (κ3) is 2.99. The molecule has 1 heterocycles. The summed E-state index contributed by atoms with van der Waals surface area (Å²) in [5.41, 5.74) is 3.80. The SMILES string of the molecule is CCC(Br)c1nnc(Cc2ccc(C)c(C)c2)o1. The molecule has 18 heavy (non-hydrogen) atoms. The monoisotopic (exact) mass is 308 g/mol. The fraction of sp³-hybridized carbons (Fsp3) is 0.429. The van der Waals surface area contributed by atoms with Crippen molar-refractivity contribution < 1.29 is 4.42 Å². The second-order valence-electron chi connectivity index (χ2n) is 4.51. The standard InChI is InChI=1S/C14H17BrN2O/c1-4-12(15)14-17-16-13(18-14)8-11-6-5-9(2)10(3)7-11/h5-7,12H,4,8H2,1-3H3. The third-order valence-electron chi connectivity index (χ3n) is 3.04. The Balaban J connectivity index is 2.13. The summed E-state index contributed by atoms with van der Waals surface area (Å²) in [6.45, 7) is 6.30. The Morgan fingerprint density at radius 2 is 2.00 bits per heavy atom. The number of benzene rings is 1. The molecule has 0 bridgehead atoms. The molecule has 2 aromatic rings. The zero-order valence-corrected chi connectivity index (χ0v) is 12.5. The molecule has 4 heteroatoms. The molecule has 1 aromatic carbocycles. The van der Waals surface area contributed by atoms with Gasteiger partial charge in [-0.15, -0.1) is 10.2 Å². The molecule has 0 aliphatic heterocycles. The smallest absolute Gasteiger partial charge is 0.230 e. The van der Waals surface area contributed by atoms with Crippen LogP contribution in [0.1, 0.15) is 46.6 Å². The van der Waals surface area contributed by atoms with Gasteiger partial charge in [0.25, 0.3) is 0 Å². The molecule has 0 saturated carbocycles. The van der Waals surface area contributed by atoms with E-state index in [9.17, 15) is 0 Å². The number of alkyl halides is 1. The van der Waals surface area contributed by atoms with Crippen molar-refractivity contribution in [1.82, 2.24) is 10.2 Å². The van der Waals surface area contributed by atoms with Gasteiger partial charge in [-0.25, -0.2) is 0 Å². The Morgan fingerprint density at radius 1 is 1.22 bits per heavy atom. The van der Waals surface area contributed by atoms with Crippen LogP contribution in [0.15, 0.2) is 22.6 Å². The normalized spacial score (nSPS) is 12.7. The van der Waals surface area contributed by atoms with Gasteiger partial charge < -0.3 is 4.42 Å². The zero-order valence-electron chi connectivity index (χ0n) is 10.9. The summed E-state index contributed by atoms with van der Waals surface area (Å²) in [6.07, 6.45) is 1.63. The van der Waals surface area contributed by atoms with Gasteiger partial charge in [0.1, 0.15) is 0 Å². The molecule has 96 valence electrons. The highest BCUT2D eigenvalue weighted by atomic mass is 79.9. The number of nitrogens with zero attached hydrogens (tertiary/aromatic N) is 2. The highest BCUT2D eigenvalue weighted by Gasteiger charge is 2.13. The van der Waals surface area contributed by atoms with E-state index in [0.717, 1.165) is 6.42 Å². The first-order valence-corrected chi connectivity index (χ1v) is 7.04. The van der Waals surface area contributed by atoms with Crippen LogP contribution in [0.4, 0.5) is 0 Å². The van der Waals surface area contributed by atoms with Crippen LogP contribution < -0.4 is 0 Å². The van der Waals surface area contributed by atoms with E-state index in [0.29, 0.717) is 18.2 Å². The van der Waals surface area contributed by atoms with Crippen LogP contribution in [-0.4, -0.2) is 10.2 Å². The van der Waals surface area contributed by atoms with Crippen molar-refractivity contribution in [3.8, 4) is 0 Å². The summed E-state index contributed by atoms with van der Waals surface area (Å²) in [4.78, 5) is 0.151. The van der Waals surface area contributed by atoms with Crippen molar-refractivity contribution >= 4 is 15.9 Å². The summed E-state index contributed by atoms with van der Waals surface area (Å²) in [5, 5.41) is 8.15. The number of aryl methyl sites for hydroxylation is 2. The van der Waals surface area contributed by atoms with Crippen molar-refractivity contribution in [2.45, 2.75) is 38.4 Å². The van der Waals surface area contributed by atoms with Gasteiger partial charge in [-0.1, -0.05) is 41.1 Å². The molecular formula is C14H17BrN2O. The van der Waals surface area contributed by atoms with Crippen LogP contribution in [0.25, 0.3) is 0 Å². The second kappa shape index (κ2) is 5.65. The predicted octanol–water partition coefficient (Wildman–Crippen LogP) is 4.12. The maximum Gasteiger partial charge on any atom is 0.230 e. The summed E-state index contributed by atoms with van der Waals surface area (Å²) < 4.78 is 5.64. The zero-order chi connectivity index (χ0) is 13.1. The Kier molecular flexibility index (Phi) is 4.17. The van der Waals surface area contributed by atoms with Gasteiger partial charge in [0.15, 0.2) is 0 Å². The number of hydrogen-bond donors (Lipinski definition) is 0. The molecule has 0 radical (unpaired) electrons. The van der Waals surface area contributed by atoms with Crippen molar-refractivity contribution in [1.29, 1.82) is 0 Å². The number of hydrogen-bond acceptors (Lipinski definition) is 3. The van der Waals surface area contributed by atoms with E-state index in [2.05, 4.69) is 65.1 Å². The van der Waals surface area contributed by atoms with Crippen LogP contribution in [0.5, 0.6) is 0 Å².